The predicted molar refractivity (Wildman–Crippen MR) is 128 cm³/mol. The topological polar surface area (TPSA) is 26.5 Å². The van der Waals surface area contributed by atoms with E-state index in [0.29, 0.717) is 40.7 Å². The number of aromatic nitrogens is 1. The Morgan fingerprint density at radius 1 is 1.23 bits per heavy atom. The van der Waals surface area contributed by atoms with Crippen LogP contribution in [0.15, 0.2) is 68.5 Å². The summed E-state index contributed by atoms with van der Waals surface area (Å²) in [7, 11) is 1.83. The highest BCUT2D eigenvalue weighted by Crippen LogP contribution is 2.26. The van der Waals surface area contributed by atoms with Gasteiger partial charge in [0.1, 0.15) is 17.9 Å². The summed E-state index contributed by atoms with van der Waals surface area (Å²) in [5.41, 5.74) is 4.79. The number of hydrogen-bond donors (Lipinski definition) is 0. The van der Waals surface area contributed by atoms with E-state index in [2.05, 4.69) is 62.5 Å². The number of pyridine rings is 1. The van der Waals surface area contributed by atoms with Gasteiger partial charge in [0.15, 0.2) is 0 Å². The van der Waals surface area contributed by atoms with E-state index in [0.717, 1.165) is 17.6 Å². The number of ether oxygens (including phenoxy) is 1. The maximum absolute atomic E-state index is 6.34. The lowest BCUT2D eigenvalue weighted by Crippen LogP contribution is -2.27. The first-order valence-corrected chi connectivity index (χ1v) is 11.3. The molecule has 5 heteroatoms. The van der Waals surface area contributed by atoms with Gasteiger partial charge < -0.3 is 9.30 Å². The smallest absolute Gasteiger partial charge is 0.134 e. The second kappa shape index (κ2) is 11.6. The van der Waals surface area contributed by atoms with Crippen molar-refractivity contribution in [2.45, 2.75) is 60.6 Å². The monoisotopic (exact) mass is 448 g/mol. The zero-order valence-corrected chi connectivity index (χ0v) is 20.5. The molecule has 1 aliphatic carbocycles. The Labute approximate surface area is 191 Å². The highest BCUT2D eigenvalue weighted by molar-refractivity contribution is 6.32. The van der Waals surface area contributed by atoms with Crippen molar-refractivity contribution in [2.24, 2.45) is 16.8 Å². The van der Waals surface area contributed by atoms with Crippen LogP contribution in [0.3, 0.4) is 0 Å². The molecule has 0 radical (unpaired) electrons. The number of halogens is 2. The first kappa shape index (κ1) is 24.6. The summed E-state index contributed by atoms with van der Waals surface area (Å²) in [5, 5.41) is 1.28. The number of nitrogens with zero attached hydrogens (tertiary/aromatic N) is 2. The third-order valence-electron chi connectivity index (χ3n) is 5.25. The molecule has 1 aromatic rings. The van der Waals surface area contributed by atoms with Gasteiger partial charge in [0.25, 0.3) is 0 Å². The fourth-order valence-corrected chi connectivity index (χ4v) is 4.24. The minimum atomic E-state index is 0.392. The van der Waals surface area contributed by atoms with Crippen LogP contribution in [0.2, 0.25) is 0 Å². The Morgan fingerprint density at radius 3 is 2.60 bits per heavy atom. The fraction of sp³-hybridized carbons (Fsp3) is 0.480. The van der Waals surface area contributed by atoms with Gasteiger partial charge in [-0.3, -0.25) is 4.99 Å². The molecule has 0 saturated carbocycles. The van der Waals surface area contributed by atoms with E-state index in [-0.39, 0.29) is 0 Å². The highest BCUT2D eigenvalue weighted by Gasteiger charge is 2.15. The summed E-state index contributed by atoms with van der Waals surface area (Å²) >= 11 is 12.6. The van der Waals surface area contributed by atoms with Gasteiger partial charge in [0.05, 0.1) is 5.03 Å². The van der Waals surface area contributed by atoms with E-state index in [1.807, 2.05) is 19.2 Å². The van der Waals surface area contributed by atoms with Crippen LogP contribution < -0.4 is 5.49 Å². The summed E-state index contributed by atoms with van der Waals surface area (Å²) < 4.78 is 8.28. The van der Waals surface area contributed by atoms with Gasteiger partial charge in [0, 0.05) is 36.8 Å². The van der Waals surface area contributed by atoms with Crippen LogP contribution in [-0.4, -0.2) is 11.6 Å². The Hall–Kier alpha value is -1.71. The third kappa shape index (κ3) is 6.92. The molecule has 30 heavy (non-hydrogen) atoms. The molecule has 0 saturated heterocycles. The van der Waals surface area contributed by atoms with Crippen molar-refractivity contribution in [1.29, 1.82) is 0 Å². The van der Waals surface area contributed by atoms with Gasteiger partial charge in [-0.25, -0.2) is 0 Å². The van der Waals surface area contributed by atoms with Crippen LogP contribution in [-0.2, 0) is 17.9 Å². The Bertz CT molecular complexity index is 929. The first-order chi connectivity index (χ1) is 14.2. The molecule has 164 valence electrons. The summed E-state index contributed by atoms with van der Waals surface area (Å²) in [6.45, 7) is 12.5. The minimum absolute atomic E-state index is 0.392. The average molecular weight is 449 g/mol. The summed E-state index contributed by atoms with van der Waals surface area (Å²) in [6, 6.07) is 4.11. The molecule has 0 aliphatic heterocycles. The first-order valence-electron chi connectivity index (χ1n) is 10.5. The lowest BCUT2D eigenvalue weighted by molar-refractivity contribution is 0.191. The number of allylic oxidation sites excluding steroid dienone is 7. The Balaban J connectivity index is 2.27. The van der Waals surface area contributed by atoms with E-state index in [1.165, 1.54) is 17.6 Å². The van der Waals surface area contributed by atoms with Gasteiger partial charge in [-0.2, -0.15) is 0 Å². The minimum Gasteiger partial charge on any atom is -0.491 e. The zero-order chi connectivity index (χ0) is 22.3. The summed E-state index contributed by atoms with van der Waals surface area (Å²) in [5.74, 6) is 1.88. The SMILES string of the molecule is CN=c1c(COC2=C(Cl)C=CC=C(Cl)C2)cccn1CC(=C(C)C)C(C)CC(C)C. The van der Waals surface area contributed by atoms with Crippen LogP contribution in [0.4, 0.5) is 0 Å². The summed E-state index contributed by atoms with van der Waals surface area (Å²) in [6.07, 6.45) is 9.24. The van der Waals surface area contributed by atoms with Crippen molar-refractivity contribution in [3.8, 4) is 0 Å². The predicted octanol–water partition coefficient (Wildman–Crippen LogP) is 7.09. The van der Waals surface area contributed by atoms with Gasteiger partial charge in [-0.15, -0.1) is 0 Å². The highest BCUT2D eigenvalue weighted by atomic mass is 35.5. The molecule has 1 aliphatic rings. The molecule has 0 amide bonds. The summed E-state index contributed by atoms with van der Waals surface area (Å²) in [4.78, 5) is 4.58. The van der Waals surface area contributed by atoms with E-state index in [4.69, 9.17) is 27.9 Å². The third-order valence-corrected chi connectivity index (χ3v) is 5.85. The van der Waals surface area contributed by atoms with E-state index < -0.39 is 0 Å². The molecule has 0 bridgehead atoms. The Kier molecular flexibility index (Phi) is 9.51. The fourth-order valence-electron chi connectivity index (χ4n) is 3.86. The molecule has 0 spiro atoms. The van der Waals surface area contributed by atoms with Gasteiger partial charge in [-0.05, 0) is 55.9 Å². The normalized spacial score (nSPS) is 15.9. The Morgan fingerprint density at radius 2 is 1.97 bits per heavy atom. The maximum atomic E-state index is 6.34. The van der Waals surface area contributed by atoms with Gasteiger partial charge in [0.2, 0.25) is 0 Å². The van der Waals surface area contributed by atoms with Crippen molar-refractivity contribution in [3.63, 3.8) is 0 Å². The second-order valence-electron chi connectivity index (χ2n) is 8.47. The molecular formula is C25H34Cl2N2O. The van der Waals surface area contributed by atoms with Crippen LogP contribution in [0.5, 0.6) is 0 Å². The quantitative estimate of drug-likeness (QED) is 0.389. The molecule has 0 N–H and O–H groups in total. The molecule has 0 aromatic carbocycles. The molecule has 0 fully saturated rings. The molecule has 2 rings (SSSR count). The van der Waals surface area contributed by atoms with Crippen LogP contribution in [0.25, 0.3) is 0 Å². The number of rotatable bonds is 8. The molecule has 1 heterocycles. The van der Waals surface area contributed by atoms with Gasteiger partial charge in [-0.1, -0.05) is 61.7 Å². The van der Waals surface area contributed by atoms with Crippen LogP contribution in [0, 0.1) is 11.8 Å². The van der Waals surface area contributed by atoms with Crippen molar-refractivity contribution < 1.29 is 4.74 Å². The molecule has 3 nitrogen and oxygen atoms in total. The van der Waals surface area contributed by atoms with Crippen molar-refractivity contribution in [3.05, 3.63) is 74.6 Å². The van der Waals surface area contributed by atoms with Crippen molar-refractivity contribution in [2.75, 3.05) is 7.05 Å². The average Bonchev–Trinajstić information content (AvgIpc) is 2.83. The zero-order valence-electron chi connectivity index (χ0n) is 19.0. The van der Waals surface area contributed by atoms with Gasteiger partial charge >= 0.3 is 0 Å². The molecule has 1 atom stereocenters. The van der Waals surface area contributed by atoms with E-state index in [9.17, 15) is 0 Å². The molecule has 1 aromatic heterocycles. The standard InChI is InChI=1S/C25H34Cl2N2O/c1-17(2)13-19(5)22(18(3)4)15-29-12-8-9-20(25(29)28-6)16-30-24-14-21(26)10-7-11-23(24)27/h7-12,17,19H,13-16H2,1-6H3. The molecule has 1 unspecified atom stereocenters. The number of hydrogen-bond acceptors (Lipinski definition) is 2. The van der Waals surface area contributed by atoms with E-state index in [1.54, 1.807) is 6.08 Å². The molecular weight excluding hydrogens is 415 g/mol. The largest absolute Gasteiger partial charge is 0.491 e. The second-order valence-corrected chi connectivity index (χ2v) is 9.37. The van der Waals surface area contributed by atoms with Crippen molar-refractivity contribution in [1.82, 2.24) is 4.57 Å². The van der Waals surface area contributed by atoms with E-state index >= 15 is 0 Å². The van der Waals surface area contributed by atoms with Crippen molar-refractivity contribution >= 4 is 23.2 Å². The van der Waals surface area contributed by atoms with Crippen LogP contribution in [0.1, 0.15) is 53.0 Å². The maximum Gasteiger partial charge on any atom is 0.134 e. The van der Waals surface area contributed by atoms with Crippen LogP contribution >= 0.6 is 23.2 Å². The lowest BCUT2D eigenvalue weighted by atomic mass is 9.89. The lowest BCUT2D eigenvalue weighted by Gasteiger charge is -2.22.